The molecule has 20 heavy (non-hydrogen) atoms. The van der Waals surface area contributed by atoms with Gasteiger partial charge in [0.05, 0.1) is 0 Å². The number of benzene rings is 2. The van der Waals surface area contributed by atoms with E-state index in [0.717, 1.165) is 12.1 Å². The lowest BCUT2D eigenvalue weighted by atomic mass is 10.2. The first-order chi connectivity index (χ1) is 9.49. The second-order valence-electron chi connectivity index (χ2n) is 4.00. The Morgan fingerprint density at radius 3 is 2.25 bits per heavy atom. The summed E-state index contributed by atoms with van der Waals surface area (Å²) in [6.45, 7) is -0.204. The van der Waals surface area contributed by atoms with E-state index in [9.17, 15) is 18.0 Å². The molecule has 0 heterocycles. The molecular formula is C14H8BrF3O2. The summed E-state index contributed by atoms with van der Waals surface area (Å²) in [5, 5.41) is 0. The lowest BCUT2D eigenvalue weighted by molar-refractivity contribution is 0.112. The molecule has 6 heteroatoms. The molecule has 0 amide bonds. The maximum absolute atomic E-state index is 13.6. The van der Waals surface area contributed by atoms with E-state index in [-0.39, 0.29) is 12.2 Å². The van der Waals surface area contributed by atoms with Crippen LogP contribution in [0.4, 0.5) is 13.2 Å². The Hall–Kier alpha value is -1.82. The Bertz CT molecular complexity index is 616. The van der Waals surface area contributed by atoms with E-state index >= 15 is 0 Å². The second-order valence-corrected chi connectivity index (χ2v) is 4.91. The average molecular weight is 345 g/mol. The fourth-order valence-electron chi connectivity index (χ4n) is 1.64. The van der Waals surface area contributed by atoms with Crippen LogP contribution in [0.25, 0.3) is 0 Å². The first kappa shape index (κ1) is 14.6. The van der Waals surface area contributed by atoms with E-state index in [2.05, 4.69) is 15.9 Å². The van der Waals surface area contributed by atoms with Crippen molar-refractivity contribution >= 4 is 22.2 Å². The van der Waals surface area contributed by atoms with Crippen LogP contribution in [-0.4, -0.2) is 6.29 Å². The summed E-state index contributed by atoms with van der Waals surface area (Å²) in [5.74, 6) is -3.06. The molecular weight excluding hydrogens is 337 g/mol. The first-order valence-corrected chi connectivity index (χ1v) is 6.31. The zero-order chi connectivity index (χ0) is 14.7. The minimum absolute atomic E-state index is 0.124. The number of hydrogen-bond acceptors (Lipinski definition) is 2. The summed E-state index contributed by atoms with van der Waals surface area (Å²) in [7, 11) is 0. The van der Waals surface area contributed by atoms with Crippen molar-refractivity contribution in [2.75, 3.05) is 0 Å². The number of carbonyl (C=O) groups is 1. The van der Waals surface area contributed by atoms with E-state index in [1.54, 1.807) is 6.07 Å². The van der Waals surface area contributed by atoms with Crippen LogP contribution in [0.2, 0.25) is 0 Å². The average Bonchev–Trinajstić information content (AvgIpc) is 2.36. The van der Waals surface area contributed by atoms with Crippen LogP contribution in [0.1, 0.15) is 15.9 Å². The van der Waals surface area contributed by atoms with Crippen molar-refractivity contribution in [3.63, 3.8) is 0 Å². The molecule has 0 N–H and O–H groups in total. The van der Waals surface area contributed by atoms with Gasteiger partial charge in [0.25, 0.3) is 0 Å². The van der Waals surface area contributed by atoms with Gasteiger partial charge in [-0.15, -0.1) is 0 Å². The molecule has 2 aromatic rings. The molecule has 0 atom stereocenters. The van der Waals surface area contributed by atoms with Gasteiger partial charge in [0.1, 0.15) is 18.7 Å². The van der Waals surface area contributed by atoms with Crippen LogP contribution < -0.4 is 4.74 Å². The van der Waals surface area contributed by atoms with E-state index < -0.39 is 23.2 Å². The van der Waals surface area contributed by atoms with Crippen molar-refractivity contribution in [2.24, 2.45) is 0 Å². The highest BCUT2D eigenvalue weighted by Crippen LogP contribution is 2.24. The molecule has 0 radical (unpaired) electrons. The number of carbonyl (C=O) groups excluding carboxylic acids is 1. The van der Waals surface area contributed by atoms with Gasteiger partial charge in [-0.3, -0.25) is 4.79 Å². The quantitative estimate of drug-likeness (QED) is 0.774. The highest BCUT2D eigenvalue weighted by molar-refractivity contribution is 9.10. The van der Waals surface area contributed by atoms with Crippen molar-refractivity contribution in [3.05, 3.63) is 63.4 Å². The molecule has 0 unspecified atom stereocenters. The van der Waals surface area contributed by atoms with Crippen molar-refractivity contribution < 1.29 is 22.7 Å². The van der Waals surface area contributed by atoms with Crippen molar-refractivity contribution in [2.45, 2.75) is 6.61 Å². The number of ether oxygens (including phenoxy) is 1. The van der Waals surface area contributed by atoms with Gasteiger partial charge in [0.15, 0.2) is 17.4 Å². The number of halogens is 4. The third-order valence-corrected chi connectivity index (χ3v) is 2.92. The summed E-state index contributed by atoms with van der Waals surface area (Å²) in [5.41, 5.74) is 0.288. The molecule has 0 aliphatic rings. The third-order valence-electron chi connectivity index (χ3n) is 2.46. The van der Waals surface area contributed by atoms with Crippen molar-refractivity contribution in [1.29, 1.82) is 0 Å². The lowest BCUT2D eigenvalue weighted by Crippen LogP contribution is -2.01. The van der Waals surface area contributed by atoms with Gasteiger partial charge in [-0.1, -0.05) is 15.9 Å². The van der Waals surface area contributed by atoms with Crippen molar-refractivity contribution in [1.82, 2.24) is 0 Å². The monoisotopic (exact) mass is 344 g/mol. The van der Waals surface area contributed by atoms with E-state index in [0.29, 0.717) is 16.3 Å². The summed E-state index contributed by atoms with van der Waals surface area (Å²) < 4.78 is 45.7. The Labute approximate surface area is 121 Å². The highest BCUT2D eigenvalue weighted by atomic mass is 79.9. The largest absolute Gasteiger partial charge is 0.483 e. The molecule has 104 valence electrons. The fraction of sp³-hybridized carbons (Fsp3) is 0.0714. The van der Waals surface area contributed by atoms with E-state index in [1.165, 1.54) is 12.1 Å². The smallest absolute Gasteiger partial charge is 0.191 e. The summed E-state index contributed by atoms with van der Waals surface area (Å²) in [6, 6.07) is 5.75. The molecule has 0 spiro atoms. The molecule has 0 bridgehead atoms. The zero-order valence-corrected chi connectivity index (χ0v) is 11.6. The maximum atomic E-state index is 13.6. The molecule has 2 nitrogen and oxygen atoms in total. The van der Waals surface area contributed by atoms with E-state index in [4.69, 9.17) is 4.74 Å². The number of hydrogen-bond donors (Lipinski definition) is 0. The second kappa shape index (κ2) is 6.09. The summed E-state index contributed by atoms with van der Waals surface area (Å²) in [6.07, 6.45) is 0.333. The topological polar surface area (TPSA) is 26.3 Å². The predicted molar refractivity (Wildman–Crippen MR) is 70.2 cm³/mol. The molecule has 2 rings (SSSR count). The first-order valence-electron chi connectivity index (χ1n) is 5.51. The standard InChI is InChI=1S/C14H8BrF3O2/c15-10-1-9(2-11(16)5-10)7-20-14-12(17)3-8(6-19)4-13(14)18/h1-6H,7H2. The zero-order valence-electron chi connectivity index (χ0n) is 10.00. The lowest BCUT2D eigenvalue weighted by Gasteiger charge is -2.09. The maximum Gasteiger partial charge on any atom is 0.191 e. The molecule has 0 saturated heterocycles. The van der Waals surface area contributed by atoms with Crippen LogP contribution in [0.5, 0.6) is 5.75 Å². The molecule has 0 saturated carbocycles. The molecule has 0 aliphatic heterocycles. The number of rotatable bonds is 4. The molecule has 0 aromatic heterocycles. The third kappa shape index (κ3) is 3.39. The molecule has 2 aromatic carbocycles. The fourth-order valence-corrected chi connectivity index (χ4v) is 2.15. The normalized spacial score (nSPS) is 10.4. The predicted octanol–water partition coefficient (Wildman–Crippen LogP) is 4.26. The number of aldehydes is 1. The summed E-state index contributed by atoms with van der Waals surface area (Å²) in [4.78, 5) is 10.5. The van der Waals surface area contributed by atoms with E-state index in [1.807, 2.05) is 0 Å². The van der Waals surface area contributed by atoms with Crippen LogP contribution in [0.3, 0.4) is 0 Å². The Kier molecular flexibility index (Phi) is 4.44. The minimum Gasteiger partial charge on any atom is -0.483 e. The van der Waals surface area contributed by atoms with Gasteiger partial charge in [-0.25, -0.2) is 13.2 Å². The SMILES string of the molecule is O=Cc1cc(F)c(OCc2cc(F)cc(Br)c2)c(F)c1. The van der Waals surface area contributed by atoms with Gasteiger partial charge < -0.3 is 4.74 Å². The van der Waals surface area contributed by atoms with Gasteiger partial charge in [0.2, 0.25) is 0 Å². The molecule has 0 aliphatic carbocycles. The van der Waals surface area contributed by atoms with Crippen LogP contribution in [-0.2, 0) is 6.61 Å². The van der Waals surface area contributed by atoms with Gasteiger partial charge >= 0.3 is 0 Å². The summed E-state index contributed by atoms with van der Waals surface area (Å²) >= 11 is 3.10. The van der Waals surface area contributed by atoms with Crippen molar-refractivity contribution in [3.8, 4) is 5.75 Å². The Morgan fingerprint density at radius 1 is 1.05 bits per heavy atom. The molecule has 0 fully saturated rings. The highest BCUT2D eigenvalue weighted by Gasteiger charge is 2.13. The minimum atomic E-state index is -0.984. The van der Waals surface area contributed by atoms with Crippen LogP contribution in [0, 0.1) is 17.5 Å². The van der Waals surface area contributed by atoms with Gasteiger partial charge in [-0.05, 0) is 35.9 Å². The Balaban J connectivity index is 2.20. The Morgan fingerprint density at radius 2 is 1.70 bits per heavy atom. The van der Waals surface area contributed by atoms with Crippen LogP contribution >= 0.6 is 15.9 Å². The van der Waals surface area contributed by atoms with Gasteiger partial charge in [0, 0.05) is 10.0 Å². The van der Waals surface area contributed by atoms with Gasteiger partial charge in [-0.2, -0.15) is 0 Å². The van der Waals surface area contributed by atoms with Crippen LogP contribution in [0.15, 0.2) is 34.8 Å².